The van der Waals surface area contributed by atoms with Gasteiger partial charge in [-0.15, -0.1) is 11.3 Å². The molecule has 0 saturated carbocycles. The van der Waals surface area contributed by atoms with Crippen molar-refractivity contribution in [1.82, 2.24) is 9.78 Å². The lowest BCUT2D eigenvalue weighted by Gasteiger charge is -2.23. The van der Waals surface area contributed by atoms with Gasteiger partial charge in [-0.2, -0.15) is 5.10 Å². The van der Waals surface area contributed by atoms with Crippen molar-refractivity contribution in [2.75, 3.05) is 5.32 Å². The molecule has 5 nitrogen and oxygen atoms in total. The summed E-state index contributed by atoms with van der Waals surface area (Å²) in [5.74, 6) is -0.0406. The van der Waals surface area contributed by atoms with Crippen LogP contribution >= 0.6 is 11.3 Å². The number of nitrogens with zero attached hydrogens (tertiary/aromatic N) is 2. The number of aryl methyl sites for hydroxylation is 4. The molecule has 0 saturated heterocycles. The summed E-state index contributed by atoms with van der Waals surface area (Å²) < 4.78 is 1.76. The van der Waals surface area contributed by atoms with E-state index in [1.807, 2.05) is 52.0 Å². The number of thiophene rings is 1. The molecule has 0 unspecified atom stereocenters. The fraction of sp³-hybridized carbons (Fsp3) is 0.286. The number of carbonyl (C=O) groups excluding carboxylic acids is 2. The first-order valence-corrected chi connectivity index (χ1v) is 9.74. The lowest BCUT2D eigenvalue weighted by atomic mass is 9.87. The summed E-state index contributed by atoms with van der Waals surface area (Å²) in [5, 5.41) is 7.62. The molecule has 1 aromatic carbocycles. The zero-order valence-corrected chi connectivity index (χ0v) is 16.6. The number of aromatic nitrogens is 2. The predicted octanol–water partition coefficient (Wildman–Crippen LogP) is 4.48. The molecule has 0 spiro atoms. The third-order valence-electron chi connectivity index (χ3n) is 4.98. The first-order valence-electron chi connectivity index (χ1n) is 8.93. The average molecular weight is 379 g/mol. The van der Waals surface area contributed by atoms with E-state index in [4.69, 9.17) is 0 Å². The summed E-state index contributed by atoms with van der Waals surface area (Å²) in [6, 6.07) is 9.89. The Bertz CT molecular complexity index is 1080. The zero-order chi connectivity index (χ0) is 19.3. The number of anilines is 1. The number of Topliss-reactive ketones (excluding diaryl/α,β-unsaturated/α-hetero) is 1. The minimum Gasteiger partial charge on any atom is -0.310 e. The normalized spacial score (nSPS) is 16.1. The molecule has 4 rings (SSSR count). The largest absolute Gasteiger partial charge is 0.310 e. The molecule has 1 atom stereocenters. The minimum absolute atomic E-state index is 0.00696. The number of hydrogen-bond acceptors (Lipinski definition) is 4. The van der Waals surface area contributed by atoms with Crippen LogP contribution in [0, 0.1) is 27.7 Å². The Hall–Kier alpha value is -2.73. The molecule has 1 N–H and O–H groups in total. The summed E-state index contributed by atoms with van der Waals surface area (Å²) in [6.45, 7) is 7.94. The second-order valence-corrected chi connectivity index (χ2v) is 8.42. The fourth-order valence-corrected chi connectivity index (χ4v) is 4.59. The van der Waals surface area contributed by atoms with Gasteiger partial charge in [0.05, 0.1) is 22.2 Å². The van der Waals surface area contributed by atoms with Crippen LogP contribution in [-0.2, 0) is 4.79 Å². The van der Waals surface area contributed by atoms with Gasteiger partial charge in [0.25, 0.3) is 0 Å². The zero-order valence-electron chi connectivity index (χ0n) is 15.8. The van der Waals surface area contributed by atoms with Crippen LogP contribution in [0.5, 0.6) is 0 Å². The first kappa shape index (κ1) is 17.7. The van der Waals surface area contributed by atoms with Crippen LogP contribution in [0.25, 0.3) is 5.69 Å². The van der Waals surface area contributed by atoms with Crippen LogP contribution in [0.3, 0.4) is 0 Å². The number of nitrogens with one attached hydrogen (secondary N) is 1. The number of fused-ring (bicyclic) bond motifs is 1. The molecule has 0 radical (unpaired) electrons. The molecular formula is C21H21N3O2S. The maximum Gasteiger partial charge on any atom is 0.226 e. The standard InChI is InChI=1S/C21H21N3O2S/c1-11-5-7-16(12(2)9-11)24-21-19(14(4)23-24)15(10-18(25)22-21)20(26)17-8-6-13(3)27-17/h5-9,15H,10H2,1-4H3,(H,22,25)/t15-/m1/s1. The Morgan fingerprint density at radius 2 is 1.96 bits per heavy atom. The van der Waals surface area contributed by atoms with Gasteiger partial charge in [0.2, 0.25) is 5.91 Å². The van der Waals surface area contributed by atoms with Crippen LogP contribution in [0.15, 0.2) is 30.3 Å². The van der Waals surface area contributed by atoms with Crippen molar-refractivity contribution in [3.8, 4) is 5.69 Å². The quantitative estimate of drug-likeness (QED) is 0.683. The van der Waals surface area contributed by atoms with Crippen molar-refractivity contribution < 1.29 is 9.59 Å². The molecule has 0 aliphatic carbocycles. The lowest BCUT2D eigenvalue weighted by molar-refractivity contribution is -0.116. The van der Waals surface area contributed by atoms with Crippen LogP contribution in [0.2, 0.25) is 0 Å². The molecule has 0 bridgehead atoms. The molecule has 2 aromatic heterocycles. The lowest BCUT2D eigenvalue weighted by Crippen LogP contribution is -2.28. The molecule has 0 fully saturated rings. The van der Waals surface area contributed by atoms with Gasteiger partial charge in [0, 0.05) is 16.9 Å². The van der Waals surface area contributed by atoms with Crippen LogP contribution in [-0.4, -0.2) is 21.5 Å². The van der Waals surface area contributed by atoms with E-state index in [0.29, 0.717) is 10.7 Å². The van der Waals surface area contributed by atoms with Crippen LogP contribution in [0.1, 0.15) is 49.3 Å². The number of rotatable bonds is 3. The Labute approximate surface area is 162 Å². The van der Waals surface area contributed by atoms with E-state index in [0.717, 1.165) is 27.4 Å². The Morgan fingerprint density at radius 3 is 2.63 bits per heavy atom. The Balaban J connectivity index is 1.85. The van der Waals surface area contributed by atoms with Gasteiger partial charge in [0.15, 0.2) is 5.78 Å². The van der Waals surface area contributed by atoms with Gasteiger partial charge in [-0.05, 0) is 51.5 Å². The van der Waals surface area contributed by atoms with Gasteiger partial charge >= 0.3 is 0 Å². The number of ketones is 1. The van der Waals surface area contributed by atoms with Crippen LogP contribution in [0.4, 0.5) is 5.82 Å². The molecule has 6 heteroatoms. The van der Waals surface area contributed by atoms with Gasteiger partial charge in [-0.25, -0.2) is 4.68 Å². The third kappa shape index (κ3) is 3.00. The topological polar surface area (TPSA) is 64.0 Å². The van der Waals surface area contributed by atoms with Gasteiger partial charge in [0.1, 0.15) is 5.82 Å². The van der Waals surface area contributed by atoms with Gasteiger partial charge < -0.3 is 5.32 Å². The number of amides is 1. The summed E-state index contributed by atoms with van der Waals surface area (Å²) in [6.07, 6.45) is 0.155. The second-order valence-electron chi connectivity index (χ2n) is 7.13. The van der Waals surface area contributed by atoms with Crippen molar-refractivity contribution in [3.63, 3.8) is 0 Å². The van der Waals surface area contributed by atoms with E-state index in [2.05, 4.69) is 16.5 Å². The summed E-state index contributed by atoms with van der Waals surface area (Å²) in [7, 11) is 0. The van der Waals surface area contributed by atoms with E-state index in [1.165, 1.54) is 16.9 Å². The number of benzene rings is 1. The van der Waals surface area contributed by atoms with E-state index < -0.39 is 5.92 Å². The van der Waals surface area contributed by atoms with E-state index in [1.54, 1.807) is 4.68 Å². The molecule has 27 heavy (non-hydrogen) atoms. The predicted molar refractivity (Wildman–Crippen MR) is 107 cm³/mol. The summed E-state index contributed by atoms with van der Waals surface area (Å²) in [5.41, 5.74) is 4.74. The Kier molecular flexibility index (Phi) is 4.23. The fourth-order valence-electron chi connectivity index (χ4n) is 3.73. The van der Waals surface area contributed by atoms with Crippen molar-refractivity contribution in [1.29, 1.82) is 0 Å². The van der Waals surface area contributed by atoms with Gasteiger partial charge in [-0.3, -0.25) is 9.59 Å². The minimum atomic E-state index is -0.494. The molecule has 1 amide bonds. The third-order valence-corrected chi connectivity index (χ3v) is 6.00. The first-order chi connectivity index (χ1) is 12.8. The SMILES string of the molecule is Cc1ccc(-n2nc(C)c3c2NC(=O)C[C@H]3C(=O)c2ccc(C)s2)c(C)c1. The highest BCUT2D eigenvalue weighted by Crippen LogP contribution is 2.39. The highest BCUT2D eigenvalue weighted by Gasteiger charge is 2.36. The van der Waals surface area contributed by atoms with Crippen molar-refractivity contribution in [2.45, 2.75) is 40.0 Å². The maximum absolute atomic E-state index is 13.1. The molecule has 1 aliphatic heterocycles. The molecule has 138 valence electrons. The van der Waals surface area contributed by atoms with E-state index in [-0.39, 0.29) is 18.1 Å². The van der Waals surface area contributed by atoms with E-state index >= 15 is 0 Å². The summed E-state index contributed by atoms with van der Waals surface area (Å²) in [4.78, 5) is 27.3. The van der Waals surface area contributed by atoms with Crippen molar-refractivity contribution >= 4 is 28.8 Å². The smallest absolute Gasteiger partial charge is 0.226 e. The monoisotopic (exact) mass is 379 g/mol. The van der Waals surface area contributed by atoms with Crippen LogP contribution < -0.4 is 5.32 Å². The van der Waals surface area contributed by atoms with E-state index in [9.17, 15) is 9.59 Å². The maximum atomic E-state index is 13.1. The number of carbonyl (C=O) groups is 2. The van der Waals surface area contributed by atoms with Gasteiger partial charge in [-0.1, -0.05) is 17.7 Å². The second kappa shape index (κ2) is 6.46. The highest BCUT2D eigenvalue weighted by molar-refractivity contribution is 7.14. The molecule has 3 heterocycles. The highest BCUT2D eigenvalue weighted by atomic mass is 32.1. The average Bonchev–Trinajstić information content (AvgIpc) is 3.17. The molecule has 1 aliphatic rings. The van der Waals surface area contributed by atoms with Crippen molar-refractivity contribution in [2.24, 2.45) is 0 Å². The molecule has 3 aromatic rings. The Morgan fingerprint density at radius 1 is 1.19 bits per heavy atom. The molecular weight excluding hydrogens is 358 g/mol. The van der Waals surface area contributed by atoms with Crippen molar-refractivity contribution in [3.05, 3.63) is 62.5 Å². The number of hydrogen-bond donors (Lipinski definition) is 1. The summed E-state index contributed by atoms with van der Waals surface area (Å²) >= 11 is 1.47.